The molecule has 0 N–H and O–H groups in total. The van der Waals surface area contributed by atoms with Gasteiger partial charge in [-0.2, -0.15) is 0 Å². The van der Waals surface area contributed by atoms with Gasteiger partial charge in [-0.15, -0.1) is 0 Å². The minimum absolute atomic E-state index is 1.07. The number of unbranched alkanes of at least 4 members (excludes halogenated alkanes) is 14. The summed E-state index contributed by atoms with van der Waals surface area (Å²) in [6.07, 6.45) is 28.5. The Balaban J connectivity index is 1.97. The van der Waals surface area contributed by atoms with Crippen molar-refractivity contribution in [1.29, 1.82) is 0 Å². The lowest BCUT2D eigenvalue weighted by Gasteiger charge is -2.29. The molecular formula is C34H56P+. The van der Waals surface area contributed by atoms with E-state index in [9.17, 15) is 0 Å². The van der Waals surface area contributed by atoms with Gasteiger partial charge in [-0.3, -0.25) is 0 Å². The van der Waals surface area contributed by atoms with Crippen LogP contribution in [0.3, 0.4) is 0 Å². The Morgan fingerprint density at radius 3 is 1.06 bits per heavy atom. The summed E-state index contributed by atoms with van der Waals surface area (Å²) in [4.78, 5) is 0. The van der Waals surface area contributed by atoms with Gasteiger partial charge in [0.2, 0.25) is 0 Å². The third-order valence-corrected chi connectivity index (χ3v) is 12.3. The summed E-state index contributed by atoms with van der Waals surface area (Å²) in [5.41, 5.74) is 3.16. The Bertz CT molecular complexity index is 644. The first-order valence-corrected chi connectivity index (χ1v) is 17.7. The van der Waals surface area contributed by atoms with Crippen molar-refractivity contribution in [1.82, 2.24) is 0 Å². The summed E-state index contributed by atoms with van der Waals surface area (Å²) in [6, 6.07) is 22.9. The normalized spacial score (nSPS) is 11.7. The first-order chi connectivity index (χ1) is 17.3. The molecule has 0 radical (unpaired) electrons. The molecule has 2 aromatic carbocycles. The summed E-state index contributed by atoms with van der Waals surface area (Å²) in [6.45, 7) is 4.63. The van der Waals surface area contributed by atoms with E-state index in [1.807, 2.05) is 0 Å². The van der Waals surface area contributed by atoms with E-state index >= 15 is 0 Å². The fourth-order valence-electron chi connectivity index (χ4n) is 5.59. The van der Waals surface area contributed by atoms with E-state index in [0.717, 1.165) is 0 Å². The van der Waals surface area contributed by atoms with Crippen LogP contribution in [0.1, 0.15) is 128 Å². The highest BCUT2D eigenvalue weighted by atomic mass is 31.2. The molecule has 0 fully saturated rings. The summed E-state index contributed by atoms with van der Waals surface area (Å²) in [5, 5.41) is 0. The van der Waals surface area contributed by atoms with Gasteiger partial charge in [0.25, 0.3) is 0 Å². The van der Waals surface area contributed by atoms with E-state index < -0.39 is 7.26 Å². The standard InChI is InChI=1S/C34H56P/c1-3-5-7-9-11-13-15-23-29-35(31-33-25-19-17-20-26-33,32-34-27-21-18-22-28-34)30-24-16-14-12-10-8-6-4-2/h17-22,25-28H,3-16,23-24,29-32H2,1-2H3/q+1. The van der Waals surface area contributed by atoms with Crippen molar-refractivity contribution < 1.29 is 0 Å². The van der Waals surface area contributed by atoms with Gasteiger partial charge < -0.3 is 0 Å². The smallest absolute Gasteiger partial charge is 0.0654 e. The van der Waals surface area contributed by atoms with Crippen molar-refractivity contribution in [2.75, 3.05) is 12.3 Å². The average molecular weight is 496 g/mol. The van der Waals surface area contributed by atoms with Gasteiger partial charge in [-0.05, 0) is 36.8 Å². The van der Waals surface area contributed by atoms with Crippen LogP contribution in [-0.4, -0.2) is 12.3 Å². The van der Waals surface area contributed by atoms with Crippen LogP contribution in [0.4, 0.5) is 0 Å². The Morgan fingerprint density at radius 1 is 0.400 bits per heavy atom. The van der Waals surface area contributed by atoms with Crippen LogP contribution in [0.25, 0.3) is 0 Å². The van der Waals surface area contributed by atoms with Gasteiger partial charge in [0.05, 0.1) is 24.6 Å². The van der Waals surface area contributed by atoms with Crippen LogP contribution in [0.15, 0.2) is 60.7 Å². The molecule has 0 spiro atoms. The van der Waals surface area contributed by atoms with E-state index in [1.54, 1.807) is 11.1 Å². The zero-order valence-corrected chi connectivity index (χ0v) is 24.3. The van der Waals surface area contributed by atoms with Crippen molar-refractivity contribution in [2.24, 2.45) is 0 Å². The lowest BCUT2D eigenvalue weighted by atomic mass is 10.1. The van der Waals surface area contributed by atoms with Crippen molar-refractivity contribution in [3.63, 3.8) is 0 Å². The lowest BCUT2D eigenvalue weighted by Crippen LogP contribution is -2.11. The molecule has 2 rings (SSSR count). The second kappa shape index (κ2) is 20.0. The molecule has 0 aliphatic rings. The predicted molar refractivity (Wildman–Crippen MR) is 162 cm³/mol. The van der Waals surface area contributed by atoms with Crippen molar-refractivity contribution in [2.45, 2.75) is 129 Å². The van der Waals surface area contributed by atoms with Gasteiger partial charge in [-0.25, -0.2) is 0 Å². The first-order valence-electron chi connectivity index (χ1n) is 15.2. The second-order valence-corrected chi connectivity index (χ2v) is 15.2. The fourth-order valence-corrected chi connectivity index (χ4v) is 10.3. The van der Waals surface area contributed by atoms with E-state index in [2.05, 4.69) is 74.5 Å². The maximum Gasteiger partial charge on any atom is 0.0846 e. The largest absolute Gasteiger partial charge is 0.0846 e. The molecule has 0 heterocycles. The van der Waals surface area contributed by atoms with E-state index in [4.69, 9.17) is 0 Å². The molecule has 0 saturated heterocycles. The summed E-state index contributed by atoms with van der Waals surface area (Å²) >= 11 is 0. The SMILES string of the molecule is CCCCCCCCCC[P+](CCCCCCCCCC)(Cc1ccccc1)Cc1ccccc1. The summed E-state index contributed by atoms with van der Waals surface area (Å²) < 4.78 is 0. The minimum Gasteiger partial charge on any atom is -0.0654 e. The highest BCUT2D eigenvalue weighted by molar-refractivity contribution is 7.74. The molecule has 0 bridgehead atoms. The summed E-state index contributed by atoms with van der Waals surface area (Å²) in [5.74, 6) is 0. The Hall–Kier alpha value is -1.13. The zero-order valence-electron chi connectivity index (χ0n) is 23.4. The monoisotopic (exact) mass is 495 g/mol. The van der Waals surface area contributed by atoms with Crippen LogP contribution >= 0.6 is 7.26 Å². The highest BCUT2D eigenvalue weighted by Gasteiger charge is 2.36. The zero-order chi connectivity index (χ0) is 24.9. The molecule has 196 valence electrons. The molecule has 0 atom stereocenters. The Labute approximate surface area is 220 Å². The number of hydrogen-bond acceptors (Lipinski definition) is 0. The topological polar surface area (TPSA) is 0 Å². The number of rotatable bonds is 22. The molecule has 0 nitrogen and oxygen atoms in total. The molecule has 0 saturated carbocycles. The lowest BCUT2D eigenvalue weighted by molar-refractivity contribution is 0.582. The van der Waals surface area contributed by atoms with Crippen molar-refractivity contribution >= 4 is 7.26 Å². The van der Waals surface area contributed by atoms with Crippen molar-refractivity contribution in [3.05, 3.63) is 71.8 Å². The average Bonchev–Trinajstić information content (AvgIpc) is 2.88. The highest BCUT2D eigenvalue weighted by Crippen LogP contribution is 2.65. The van der Waals surface area contributed by atoms with Crippen LogP contribution in [0.2, 0.25) is 0 Å². The molecule has 0 amide bonds. The quantitative estimate of drug-likeness (QED) is 0.112. The second-order valence-electron chi connectivity index (χ2n) is 11.0. The minimum atomic E-state index is -1.07. The third kappa shape index (κ3) is 14.3. The van der Waals surface area contributed by atoms with Crippen LogP contribution < -0.4 is 0 Å². The van der Waals surface area contributed by atoms with Crippen LogP contribution in [0.5, 0.6) is 0 Å². The molecule has 0 aliphatic heterocycles. The Morgan fingerprint density at radius 2 is 0.714 bits per heavy atom. The van der Waals surface area contributed by atoms with Gasteiger partial charge in [0, 0.05) is 7.26 Å². The predicted octanol–water partition coefficient (Wildman–Crippen LogP) is 11.7. The molecule has 0 unspecified atom stereocenters. The Kier molecular flexibility index (Phi) is 17.2. The molecule has 1 heteroatoms. The van der Waals surface area contributed by atoms with Gasteiger partial charge >= 0.3 is 0 Å². The van der Waals surface area contributed by atoms with Crippen LogP contribution in [0, 0.1) is 0 Å². The fraction of sp³-hybridized carbons (Fsp3) is 0.647. The number of benzene rings is 2. The number of hydrogen-bond donors (Lipinski definition) is 0. The van der Waals surface area contributed by atoms with E-state index in [0.29, 0.717) is 0 Å². The molecule has 0 aliphatic carbocycles. The van der Waals surface area contributed by atoms with Gasteiger partial charge in [0.1, 0.15) is 0 Å². The van der Waals surface area contributed by atoms with E-state index in [1.165, 1.54) is 127 Å². The van der Waals surface area contributed by atoms with Crippen LogP contribution in [-0.2, 0) is 12.3 Å². The third-order valence-electron chi connectivity index (χ3n) is 7.69. The van der Waals surface area contributed by atoms with E-state index in [-0.39, 0.29) is 0 Å². The van der Waals surface area contributed by atoms with Gasteiger partial charge in [-0.1, -0.05) is 152 Å². The van der Waals surface area contributed by atoms with Gasteiger partial charge in [0.15, 0.2) is 0 Å². The maximum absolute atomic E-state index is 2.39. The summed E-state index contributed by atoms with van der Waals surface area (Å²) in [7, 11) is -1.07. The molecule has 35 heavy (non-hydrogen) atoms. The molecular weight excluding hydrogens is 439 g/mol. The maximum atomic E-state index is 2.39. The first kappa shape index (κ1) is 30.1. The molecule has 0 aromatic heterocycles. The van der Waals surface area contributed by atoms with Crippen molar-refractivity contribution in [3.8, 4) is 0 Å². The molecule has 2 aromatic rings.